The van der Waals surface area contributed by atoms with Gasteiger partial charge in [0.15, 0.2) is 6.10 Å². The fourth-order valence-corrected chi connectivity index (χ4v) is 4.03. The smallest absolute Gasteiger partial charge is 0.287 e. The van der Waals surface area contributed by atoms with Crippen LogP contribution in [0.5, 0.6) is 0 Å². The number of hydrogen-bond acceptors (Lipinski definition) is 6. The molecule has 1 aliphatic rings. The fraction of sp³-hybridized carbons (Fsp3) is 0.417. The van der Waals surface area contributed by atoms with Gasteiger partial charge in [0.2, 0.25) is 5.12 Å². The van der Waals surface area contributed by atoms with Crippen molar-refractivity contribution in [3.8, 4) is 0 Å². The van der Waals surface area contributed by atoms with Gasteiger partial charge in [-0.3, -0.25) is 18.4 Å². The monoisotopic (exact) mass is 302 g/mol. The predicted octanol–water partition coefficient (Wildman–Crippen LogP) is 3.56. The van der Waals surface area contributed by atoms with E-state index in [2.05, 4.69) is 0 Å². The summed E-state index contributed by atoms with van der Waals surface area (Å²) < 4.78 is 27.7. The quantitative estimate of drug-likeness (QED) is 0.749. The summed E-state index contributed by atoms with van der Waals surface area (Å²) in [5.74, 6) is 0. The largest absolute Gasteiger partial charge is 0.475 e. The molecular formula is C12H15O5PS. The van der Waals surface area contributed by atoms with Crippen molar-refractivity contribution in [3.63, 3.8) is 0 Å². The maximum absolute atomic E-state index is 12.3. The highest BCUT2D eigenvalue weighted by Crippen LogP contribution is 2.56. The molecule has 0 radical (unpaired) electrons. The van der Waals surface area contributed by atoms with Crippen LogP contribution in [-0.2, 0) is 22.9 Å². The lowest BCUT2D eigenvalue weighted by molar-refractivity contribution is -0.118. The van der Waals surface area contributed by atoms with E-state index in [1.165, 1.54) is 0 Å². The molecule has 0 spiro atoms. The van der Waals surface area contributed by atoms with Gasteiger partial charge in [0.1, 0.15) is 0 Å². The first-order valence-electron chi connectivity index (χ1n) is 5.97. The number of carbonyl (C=O) groups is 1. The maximum Gasteiger partial charge on any atom is 0.475 e. The minimum Gasteiger partial charge on any atom is -0.287 e. The SMILES string of the molecule is CCOP(=O)(OCC)OC1C(=O)Sc2ccccc21. The average molecular weight is 302 g/mol. The van der Waals surface area contributed by atoms with E-state index in [0.717, 1.165) is 16.7 Å². The normalized spacial score (nSPS) is 18.6. The van der Waals surface area contributed by atoms with Gasteiger partial charge in [-0.1, -0.05) is 18.2 Å². The zero-order chi connectivity index (χ0) is 13.9. The van der Waals surface area contributed by atoms with Crippen LogP contribution in [0, 0.1) is 0 Å². The number of benzene rings is 1. The Balaban J connectivity index is 2.22. The Morgan fingerprint density at radius 3 is 2.47 bits per heavy atom. The van der Waals surface area contributed by atoms with Gasteiger partial charge >= 0.3 is 7.82 Å². The molecule has 104 valence electrons. The Labute approximate surface area is 116 Å². The molecule has 1 unspecified atom stereocenters. The van der Waals surface area contributed by atoms with Crippen molar-refractivity contribution in [3.05, 3.63) is 29.8 Å². The first-order valence-corrected chi connectivity index (χ1v) is 8.25. The topological polar surface area (TPSA) is 61.8 Å². The van der Waals surface area contributed by atoms with E-state index in [4.69, 9.17) is 13.6 Å². The van der Waals surface area contributed by atoms with Crippen LogP contribution in [-0.4, -0.2) is 18.3 Å². The van der Waals surface area contributed by atoms with Gasteiger partial charge in [0.25, 0.3) is 0 Å². The molecule has 0 amide bonds. The number of phosphoric acid groups is 1. The summed E-state index contributed by atoms with van der Waals surface area (Å²) in [6.07, 6.45) is -0.898. The molecule has 0 aliphatic carbocycles. The third kappa shape index (κ3) is 3.27. The Morgan fingerprint density at radius 1 is 1.21 bits per heavy atom. The van der Waals surface area contributed by atoms with Gasteiger partial charge < -0.3 is 0 Å². The Morgan fingerprint density at radius 2 is 1.84 bits per heavy atom. The van der Waals surface area contributed by atoms with Crippen molar-refractivity contribution < 1.29 is 22.9 Å². The standard InChI is InChI=1S/C12H15O5PS/c1-3-15-18(14,16-4-2)17-11-9-7-5-6-8-10(9)19-12(11)13/h5-8,11H,3-4H2,1-2H3. The van der Waals surface area contributed by atoms with Crippen LogP contribution in [0.1, 0.15) is 25.5 Å². The van der Waals surface area contributed by atoms with E-state index < -0.39 is 13.9 Å². The van der Waals surface area contributed by atoms with E-state index in [1.54, 1.807) is 26.0 Å². The van der Waals surface area contributed by atoms with Crippen LogP contribution in [0.15, 0.2) is 29.2 Å². The van der Waals surface area contributed by atoms with Gasteiger partial charge in [-0.25, -0.2) is 4.57 Å². The summed E-state index contributed by atoms with van der Waals surface area (Å²) in [5.41, 5.74) is 0.706. The third-order valence-electron chi connectivity index (χ3n) is 2.44. The predicted molar refractivity (Wildman–Crippen MR) is 72.0 cm³/mol. The summed E-state index contributed by atoms with van der Waals surface area (Å²) >= 11 is 1.08. The molecule has 0 saturated heterocycles. The van der Waals surface area contributed by atoms with Gasteiger partial charge in [-0.2, -0.15) is 0 Å². The van der Waals surface area contributed by atoms with Crippen LogP contribution in [0.2, 0.25) is 0 Å². The Hall–Kier alpha value is -0.650. The number of hydrogen-bond donors (Lipinski definition) is 0. The molecule has 1 aliphatic heterocycles. The minimum absolute atomic E-state index is 0.187. The van der Waals surface area contributed by atoms with E-state index in [1.807, 2.05) is 12.1 Å². The van der Waals surface area contributed by atoms with Crippen LogP contribution < -0.4 is 0 Å². The molecular weight excluding hydrogens is 287 g/mol. The van der Waals surface area contributed by atoms with Crippen LogP contribution >= 0.6 is 19.6 Å². The van der Waals surface area contributed by atoms with Crippen LogP contribution in [0.4, 0.5) is 0 Å². The molecule has 0 fully saturated rings. The van der Waals surface area contributed by atoms with Gasteiger partial charge in [0, 0.05) is 10.5 Å². The van der Waals surface area contributed by atoms with Crippen LogP contribution in [0.3, 0.4) is 0 Å². The molecule has 1 aromatic carbocycles. The summed E-state index contributed by atoms with van der Waals surface area (Å²) in [4.78, 5) is 12.7. The lowest BCUT2D eigenvalue weighted by Gasteiger charge is -2.19. The lowest BCUT2D eigenvalue weighted by Crippen LogP contribution is -2.10. The van der Waals surface area contributed by atoms with E-state index in [0.29, 0.717) is 5.56 Å². The minimum atomic E-state index is -3.70. The van der Waals surface area contributed by atoms with Crippen LogP contribution in [0.25, 0.3) is 0 Å². The second-order valence-electron chi connectivity index (χ2n) is 3.73. The second kappa shape index (κ2) is 6.20. The number of phosphoric ester groups is 1. The fourth-order valence-electron chi connectivity index (χ4n) is 1.72. The highest BCUT2D eigenvalue weighted by molar-refractivity contribution is 8.14. The molecule has 1 aromatic rings. The van der Waals surface area contributed by atoms with Crippen molar-refractivity contribution in [2.75, 3.05) is 13.2 Å². The summed E-state index contributed by atoms with van der Waals surface area (Å²) in [7, 11) is -3.70. The number of fused-ring (bicyclic) bond motifs is 1. The Bertz CT molecular complexity index is 509. The van der Waals surface area contributed by atoms with Gasteiger partial charge in [0.05, 0.1) is 13.2 Å². The summed E-state index contributed by atoms with van der Waals surface area (Å²) in [5, 5.41) is -0.208. The molecule has 19 heavy (non-hydrogen) atoms. The molecule has 1 heterocycles. The first-order chi connectivity index (χ1) is 9.09. The average Bonchev–Trinajstić information content (AvgIpc) is 2.67. The Kier molecular flexibility index (Phi) is 4.81. The molecule has 0 aromatic heterocycles. The number of rotatable bonds is 6. The molecule has 0 bridgehead atoms. The van der Waals surface area contributed by atoms with Gasteiger partial charge in [-0.15, -0.1) is 0 Å². The van der Waals surface area contributed by atoms with Crippen molar-refractivity contribution in [1.29, 1.82) is 0 Å². The van der Waals surface area contributed by atoms with Crippen molar-refractivity contribution in [2.24, 2.45) is 0 Å². The molecule has 5 nitrogen and oxygen atoms in total. The first kappa shape index (κ1) is 14.8. The molecule has 1 atom stereocenters. The number of thioether (sulfide) groups is 1. The van der Waals surface area contributed by atoms with E-state index in [-0.39, 0.29) is 18.3 Å². The zero-order valence-corrected chi connectivity index (χ0v) is 12.4. The van der Waals surface area contributed by atoms with E-state index in [9.17, 15) is 9.36 Å². The third-order valence-corrected chi connectivity index (χ3v) is 5.06. The molecule has 7 heteroatoms. The molecule has 2 rings (SSSR count). The zero-order valence-electron chi connectivity index (χ0n) is 10.7. The summed E-state index contributed by atoms with van der Waals surface area (Å²) in [6, 6.07) is 7.25. The highest BCUT2D eigenvalue weighted by Gasteiger charge is 2.39. The van der Waals surface area contributed by atoms with Gasteiger partial charge in [-0.05, 0) is 31.7 Å². The maximum atomic E-state index is 12.3. The lowest BCUT2D eigenvalue weighted by atomic mass is 10.1. The highest BCUT2D eigenvalue weighted by atomic mass is 32.2. The van der Waals surface area contributed by atoms with Crippen molar-refractivity contribution in [2.45, 2.75) is 24.8 Å². The van der Waals surface area contributed by atoms with E-state index >= 15 is 0 Å². The molecule has 0 N–H and O–H groups in total. The van der Waals surface area contributed by atoms with Crippen molar-refractivity contribution >= 4 is 24.7 Å². The second-order valence-corrected chi connectivity index (χ2v) is 6.40. The van der Waals surface area contributed by atoms with Crippen molar-refractivity contribution in [1.82, 2.24) is 0 Å². The molecule has 0 saturated carbocycles. The number of carbonyl (C=O) groups excluding carboxylic acids is 1. The summed E-state index contributed by atoms with van der Waals surface area (Å²) in [6.45, 7) is 3.75.